The molecule has 2 heterocycles. The molecular weight excluding hydrogens is 307 g/mol. The Morgan fingerprint density at radius 3 is 2.79 bits per heavy atom. The molecule has 2 aromatic carbocycles. The first kappa shape index (κ1) is 14.8. The van der Waals surface area contributed by atoms with E-state index in [1.54, 1.807) is 37.4 Å². The zero-order valence-corrected chi connectivity index (χ0v) is 13.0. The molecule has 1 N–H and O–H groups in total. The quantitative estimate of drug-likeness (QED) is 0.789. The van der Waals surface area contributed by atoms with Gasteiger partial charge >= 0.3 is 0 Å². The molecule has 0 radical (unpaired) electrons. The minimum absolute atomic E-state index is 0.0699. The molecule has 1 atom stereocenters. The van der Waals surface area contributed by atoms with Crippen molar-refractivity contribution in [3.05, 3.63) is 71.7 Å². The lowest BCUT2D eigenvalue weighted by Gasteiger charge is -2.21. The van der Waals surface area contributed by atoms with Crippen molar-refractivity contribution in [1.29, 1.82) is 0 Å². The summed E-state index contributed by atoms with van der Waals surface area (Å²) in [5.74, 6) is -0.693. The van der Waals surface area contributed by atoms with E-state index in [1.165, 1.54) is 17.0 Å². The Kier molecular flexibility index (Phi) is 3.15. The van der Waals surface area contributed by atoms with Gasteiger partial charge in [-0.05, 0) is 30.3 Å². The highest BCUT2D eigenvalue weighted by Crippen LogP contribution is 2.41. The highest BCUT2D eigenvalue weighted by atomic mass is 19.1. The smallest absolute Gasteiger partial charge is 0.263 e. The van der Waals surface area contributed by atoms with Crippen LogP contribution in [-0.4, -0.2) is 23.0 Å². The van der Waals surface area contributed by atoms with Crippen molar-refractivity contribution in [3.63, 3.8) is 0 Å². The zero-order chi connectivity index (χ0) is 16.9. The van der Waals surface area contributed by atoms with Gasteiger partial charge in [0.25, 0.3) is 5.91 Å². The van der Waals surface area contributed by atoms with Crippen LogP contribution in [0.4, 0.5) is 10.1 Å². The maximum Gasteiger partial charge on any atom is 0.263 e. The van der Waals surface area contributed by atoms with E-state index in [2.05, 4.69) is 4.98 Å². The fraction of sp³-hybridized carbons (Fsp3) is 0.158. The minimum Gasteiger partial charge on any atom is -0.375 e. The van der Waals surface area contributed by atoms with Crippen LogP contribution in [0.3, 0.4) is 0 Å². The molecule has 0 spiro atoms. The molecule has 0 aliphatic carbocycles. The van der Waals surface area contributed by atoms with Gasteiger partial charge in [0.15, 0.2) is 5.60 Å². The molecule has 4 nitrogen and oxygen atoms in total. The molecule has 1 aliphatic heterocycles. The van der Waals surface area contributed by atoms with E-state index in [4.69, 9.17) is 0 Å². The van der Waals surface area contributed by atoms with Gasteiger partial charge in [0, 0.05) is 30.1 Å². The number of fused-ring (bicyclic) bond motifs is 2. The van der Waals surface area contributed by atoms with Crippen molar-refractivity contribution in [3.8, 4) is 0 Å². The van der Waals surface area contributed by atoms with Crippen molar-refractivity contribution >= 4 is 22.5 Å². The number of para-hydroxylation sites is 1. The van der Waals surface area contributed by atoms with Crippen molar-refractivity contribution < 1.29 is 14.3 Å². The van der Waals surface area contributed by atoms with Crippen LogP contribution in [0.5, 0.6) is 0 Å². The van der Waals surface area contributed by atoms with Gasteiger partial charge in [-0.15, -0.1) is 0 Å². The Morgan fingerprint density at radius 2 is 1.96 bits per heavy atom. The maximum absolute atomic E-state index is 13.3. The summed E-state index contributed by atoms with van der Waals surface area (Å²) in [5.41, 5.74) is 0.859. The molecule has 0 saturated carbocycles. The first-order valence-electron chi connectivity index (χ1n) is 7.64. The van der Waals surface area contributed by atoms with E-state index in [9.17, 15) is 14.3 Å². The standard InChI is InChI=1S/C19H15FN2O2/c1-22-17-5-3-2-4-15(17)19(24,18(22)23)11-14-8-6-12-10-13(20)7-9-16(12)21-14/h2-10,24H,11H2,1H3/t19-/m1/s1. The predicted octanol–water partition coefficient (Wildman–Crippen LogP) is 2.78. The van der Waals surface area contributed by atoms with Gasteiger partial charge in [-0.3, -0.25) is 9.78 Å². The SMILES string of the molecule is CN1C(=O)[C@@](O)(Cc2ccc3cc(F)ccc3n2)c2ccccc21. The number of aliphatic hydroxyl groups is 1. The third kappa shape index (κ3) is 2.09. The van der Waals surface area contributed by atoms with Crippen molar-refractivity contribution in [1.82, 2.24) is 4.98 Å². The Morgan fingerprint density at radius 1 is 1.17 bits per heavy atom. The number of carbonyl (C=O) groups excluding carboxylic acids is 1. The van der Waals surface area contributed by atoms with Crippen molar-refractivity contribution in [2.24, 2.45) is 0 Å². The highest BCUT2D eigenvalue weighted by Gasteiger charge is 2.48. The van der Waals surface area contributed by atoms with Crippen molar-refractivity contribution in [2.75, 3.05) is 11.9 Å². The molecule has 0 bridgehead atoms. The predicted molar refractivity (Wildman–Crippen MR) is 89.2 cm³/mol. The molecule has 24 heavy (non-hydrogen) atoms. The normalized spacial score (nSPS) is 19.8. The number of amides is 1. The topological polar surface area (TPSA) is 53.4 Å². The van der Waals surface area contributed by atoms with E-state index < -0.39 is 5.60 Å². The third-order valence-corrected chi connectivity index (χ3v) is 4.52. The van der Waals surface area contributed by atoms with Crippen LogP contribution < -0.4 is 4.90 Å². The lowest BCUT2D eigenvalue weighted by atomic mass is 9.90. The summed E-state index contributed by atoms with van der Waals surface area (Å²) < 4.78 is 13.3. The molecule has 5 heteroatoms. The molecule has 3 aromatic rings. The summed E-state index contributed by atoms with van der Waals surface area (Å²) in [6.07, 6.45) is 0.0699. The summed E-state index contributed by atoms with van der Waals surface area (Å²) >= 11 is 0. The van der Waals surface area contributed by atoms with E-state index in [0.717, 1.165) is 0 Å². The molecule has 4 rings (SSSR count). The van der Waals surface area contributed by atoms with E-state index in [1.807, 2.05) is 12.1 Å². The fourth-order valence-corrected chi connectivity index (χ4v) is 3.29. The van der Waals surface area contributed by atoms with E-state index >= 15 is 0 Å². The Labute approximate surface area is 138 Å². The first-order valence-corrected chi connectivity index (χ1v) is 7.64. The number of likely N-dealkylation sites (N-methyl/N-ethyl adjacent to an activating group) is 1. The number of pyridine rings is 1. The number of hydrogen-bond acceptors (Lipinski definition) is 3. The number of halogens is 1. The number of anilines is 1. The van der Waals surface area contributed by atoms with Crippen LogP contribution in [0.25, 0.3) is 10.9 Å². The number of nitrogens with zero attached hydrogens (tertiary/aromatic N) is 2. The summed E-state index contributed by atoms with van der Waals surface area (Å²) in [7, 11) is 1.65. The van der Waals surface area contributed by atoms with Crippen LogP contribution >= 0.6 is 0 Å². The minimum atomic E-state index is -1.63. The second-order valence-corrected chi connectivity index (χ2v) is 6.06. The maximum atomic E-state index is 13.3. The molecule has 0 saturated heterocycles. The van der Waals surface area contributed by atoms with Crippen molar-refractivity contribution in [2.45, 2.75) is 12.0 Å². The molecular formula is C19H15FN2O2. The van der Waals surface area contributed by atoms with E-state index in [0.29, 0.717) is 27.8 Å². The third-order valence-electron chi connectivity index (χ3n) is 4.52. The fourth-order valence-electron chi connectivity index (χ4n) is 3.29. The van der Waals surface area contributed by atoms with Gasteiger partial charge in [-0.2, -0.15) is 0 Å². The number of carbonyl (C=O) groups is 1. The number of hydrogen-bond donors (Lipinski definition) is 1. The second-order valence-electron chi connectivity index (χ2n) is 6.06. The van der Waals surface area contributed by atoms with E-state index in [-0.39, 0.29) is 18.1 Å². The van der Waals surface area contributed by atoms with Crippen LogP contribution in [0.15, 0.2) is 54.6 Å². The Bertz CT molecular complexity index is 972. The summed E-state index contributed by atoms with van der Waals surface area (Å²) in [5, 5.41) is 11.7. The zero-order valence-electron chi connectivity index (χ0n) is 13.0. The van der Waals surface area contributed by atoms with Gasteiger partial charge < -0.3 is 10.0 Å². The van der Waals surface area contributed by atoms with Gasteiger partial charge in [-0.1, -0.05) is 24.3 Å². The molecule has 0 unspecified atom stereocenters. The van der Waals surface area contributed by atoms with Gasteiger partial charge in [0.05, 0.1) is 11.2 Å². The largest absolute Gasteiger partial charge is 0.375 e. The Hall–Kier alpha value is -2.79. The number of aromatic nitrogens is 1. The number of rotatable bonds is 2. The van der Waals surface area contributed by atoms with Gasteiger partial charge in [-0.25, -0.2) is 4.39 Å². The first-order chi connectivity index (χ1) is 11.5. The molecule has 1 amide bonds. The average molecular weight is 322 g/mol. The monoisotopic (exact) mass is 322 g/mol. The summed E-state index contributed by atoms with van der Waals surface area (Å²) in [6.45, 7) is 0. The average Bonchev–Trinajstić information content (AvgIpc) is 2.77. The lowest BCUT2D eigenvalue weighted by Crippen LogP contribution is -2.40. The van der Waals surface area contributed by atoms with Crippen LogP contribution in [0, 0.1) is 5.82 Å². The Balaban J connectivity index is 1.77. The number of benzene rings is 2. The summed E-state index contributed by atoms with van der Waals surface area (Å²) in [6, 6.07) is 15.0. The molecule has 0 fully saturated rings. The van der Waals surface area contributed by atoms with Crippen LogP contribution in [0.2, 0.25) is 0 Å². The molecule has 120 valence electrons. The van der Waals surface area contributed by atoms with Crippen LogP contribution in [0.1, 0.15) is 11.3 Å². The summed E-state index contributed by atoms with van der Waals surface area (Å²) in [4.78, 5) is 18.5. The molecule has 1 aliphatic rings. The second kappa shape index (κ2) is 5.11. The van der Waals surface area contributed by atoms with Crippen LogP contribution in [-0.2, 0) is 16.8 Å². The van der Waals surface area contributed by atoms with Gasteiger partial charge in [0.1, 0.15) is 5.82 Å². The van der Waals surface area contributed by atoms with Gasteiger partial charge in [0.2, 0.25) is 0 Å². The molecule has 1 aromatic heterocycles. The highest BCUT2D eigenvalue weighted by molar-refractivity contribution is 6.06. The lowest BCUT2D eigenvalue weighted by molar-refractivity contribution is -0.135.